The molecule has 3 heteroatoms. The first-order chi connectivity index (χ1) is 9.75. The largest absolute Gasteiger partial charge is 0.439 e. The maximum atomic E-state index is 5.90. The fourth-order valence-corrected chi connectivity index (χ4v) is 2.22. The summed E-state index contributed by atoms with van der Waals surface area (Å²) in [5.74, 6) is 1.90. The maximum absolute atomic E-state index is 5.90. The lowest BCUT2D eigenvalue weighted by molar-refractivity contribution is 0.460. The summed E-state index contributed by atoms with van der Waals surface area (Å²) in [6.45, 7) is 4.25. The molecule has 0 amide bonds. The highest BCUT2D eigenvalue weighted by Gasteiger charge is 2.04. The van der Waals surface area contributed by atoms with Crippen LogP contribution in [0.25, 0.3) is 0 Å². The lowest BCUT2D eigenvalue weighted by atomic mass is 10.1. The summed E-state index contributed by atoms with van der Waals surface area (Å²) in [6.07, 6.45) is 3.12. The molecule has 0 unspecified atom stereocenters. The standard InChI is InChI=1S/C17H20ClNO/c1-3-5-13-6-8-16(9-7-13)20-17-11-14(12-18)10-15(4-2)19-17/h6-11H,3-5,12H2,1-2H3. The molecule has 106 valence electrons. The Balaban J connectivity index is 2.16. The van der Waals surface area contributed by atoms with Gasteiger partial charge in [0.2, 0.25) is 5.88 Å². The van der Waals surface area contributed by atoms with Gasteiger partial charge in [0.05, 0.1) is 0 Å². The molecule has 0 aliphatic rings. The zero-order chi connectivity index (χ0) is 14.4. The molecule has 2 rings (SSSR count). The Hall–Kier alpha value is -1.54. The molecular formula is C17H20ClNO. The molecule has 0 aliphatic carbocycles. The number of rotatable bonds is 6. The van der Waals surface area contributed by atoms with Crippen LogP contribution in [0.4, 0.5) is 0 Å². The van der Waals surface area contributed by atoms with Crippen LogP contribution in [0.2, 0.25) is 0 Å². The lowest BCUT2D eigenvalue weighted by Crippen LogP contribution is -1.95. The molecule has 1 heterocycles. The molecule has 0 bridgehead atoms. The Labute approximate surface area is 125 Å². The van der Waals surface area contributed by atoms with Crippen LogP contribution in [0.1, 0.15) is 37.1 Å². The van der Waals surface area contributed by atoms with Crippen molar-refractivity contribution in [3.05, 3.63) is 53.2 Å². The van der Waals surface area contributed by atoms with Crippen LogP contribution in [0.15, 0.2) is 36.4 Å². The normalized spacial score (nSPS) is 10.6. The van der Waals surface area contributed by atoms with E-state index in [1.165, 1.54) is 5.56 Å². The van der Waals surface area contributed by atoms with Gasteiger partial charge in [0.1, 0.15) is 5.75 Å². The molecule has 0 saturated heterocycles. The fourth-order valence-electron chi connectivity index (χ4n) is 2.06. The average molecular weight is 290 g/mol. The summed E-state index contributed by atoms with van der Waals surface area (Å²) < 4.78 is 5.83. The maximum Gasteiger partial charge on any atom is 0.219 e. The van der Waals surface area contributed by atoms with Crippen LogP contribution in [0, 0.1) is 0 Å². The van der Waals surface area contributed by atoms with Crippen molar-refractivity contribution in [2.24, 2.45) is 0 Å². The molecule has 1 aromatic carbocycles. The monoisotopic (exact) mass is 289 g/mol. The van der Waals surface area contributed by atoms with Crippen molar-refractivity contribution < 1.29 is 4.74 Å². The van der Waals surface area contributed by atoms with Gasteiger partial charge in [0.15, 0.2) is 0 Å². The van der Waals surface area contributed by atoms with Crippen molar-refractivity contribution in [3.63, 3.8) is 0 Å². The second-order valence-corrected chi connectivity index (χ2v) is 5.06. The fraction of sp³-hybridized carbons (Fsp3) is 0.353. The Bertz CT molecular complexity index is 529. The third-order valence-electron chi connectivity index (χ3n) is 3.12. The molecule has 0 aliphatic heterocycles. The van der Waals surface area contributed by atoms with Crippen molar-refractivity contribution in [2.75, 3.05) is 0 Å². The Morgan fingerprint density at radius 2 is 1.80 bits per heavy atom. The molecule has 20 heavy (non-hydrogen) atoms. The smallest absolute Gasteiger partial charge is 0.219 e. The molecule has 0 atom stereocenters. The molecule has 0 radical (unpaired) electrons. The second kappa shape index (κ2) is 7.30. The van der Waals surface area contributed by atoms with Gasteiger partial charge in [-0.25, -0.2) is 4.98 Å². The molecule has 0 fully saturated rings. The predicted molar refractivity (Wildman–Crippen MR) is 83.7 cm³/mol. The van der Waals surface area contributed by atoms with E-state index in [1.54, 1.807) is 0 Å². The van der Waals surface area contributed by atoms with Crippen LogP contribution >= 0.6 is 11.6 Å². The Morgan fingerprint density at radius 1 is 1.05 bits per heavy atom. The molecule has 2 aromatic rings. The summed E-state index contributed by atoms with van der Waals surface area (Å²) in [6, 6.07) is 12.1. The summed E-state index contributed by atoms with van der Waals surface area (Å²) in [5, 5.41) is 0. The second-order valence-electron chi connectivity index (χ2n) is 4.79. The Morgan fingerprint density at radius 3 is 2.40 bits per heavy atom. The topological polar surface area (TPSA) is 22.1 Å². The number of benzene rings is 1. The number of ether oxygens (including phenoxy) is 1. The van der Waals surface area contributed by atoms with E-state index in [-0.39, 0.29) is 0 Å². The van der Waals surface area contributed by atoms with E-state index < -0.39 is 0 Å². The number of aromatic nitrogens is 1. The van der Waals surface area contributed by atoms with E-state index in [4.69, 9.17) is 16.3 Å². The Kier molecular flexibility index (Phi) is 5.42. The first kappa shape index (κ1) is 14.9. The number of halogens is 1. The van der Waals surface area contributed by atoms with E-state index in [1.807, 2.05) is 24.3 Å². The summed E-state index contributed by atoms with van der Waals surface area (Å²) in [7, 11) is 0. The minimum atomic E-state index is 0.474. The van der Waals surface area contributed by atoms with Gasteiger partial charge >= 0.3 is 0 Å². The van der Waals surface area contributed by atoms with E-state index in [2.05, 4.69) is 31.0 Å². The van der Waals surface area contributed by atoms with Crippen molar-refractivity contribution in [3.8, 4) is 11.6 Å². The van der Waals surface area contributed by atoms with Gasteiger partial charge in [0, 0.05) is 17.6 Å². The van der Waals surface area contributed by atoms with Crippen LogP contribution in [-0.2, 0) is 18.7 Å². The molecule has 0 N–H and O–H groups in total. The van der Waals surface area contributed by atoms with Gasteiger partial charge in [-0.15, -0.1) is 11.6 Å². The number of hydrogen-bond acceptors (Lipinski definition) is 2. The van der Waals surface area contributed by atoms with Gasteiger partial charge in [0.25, 0.3) is 0 Å². The van der Waals surface area contributed by atoms with Crippen LogP contribution < -0.4 is 4.74 Å². The van der Waals surface area contributed by atoms with Gasteiger partial charge in [-0.1, -0.05) is 32.4 Å². The summed E-state index contributed by atoms with van der Waals surface area (Å²) in [5.41, 5.74) is 3.37. The van der Waals surface area contributed by atoms with Gasteiger partial charge in [-0.05, 0) is 42.2 Å². The minimum Gasteiger partial charge on any atom is -0.439 e. The van der Waals surface area contributed by atoms with Crippen LogP contribution in [-0.4, -0.2) is 4.98 Å². The predicted octanol–water partition coefficient (Wildman–Crippen LogP) is 5.13. The zero-order valence-electron chi connectivity index (χ0n) is 12.0. The SMILES string of the molecule is CCCc1ccc(Oc2cc(CCl)cc(CC)n2)cc1. The number of hydrogen-bond donors (Lipinski definition) is 0. The summed E-state index contributed by atoms with van der Waals surface area (Å²) in [4.78, 5) is 4.47. The highest BCUT2D eigenvalue weighted by molar-refractivity contribution is 6.17. The van der Waals surface area contributed by atoms with Gasteiger partial charge in [-0.3, -0.25) is 0 Å². The lowest BCUT2D eigenvalue weighted by Gasteiger charge is -2.09. The van der Waals surface area contributed by atoms with E-state index >= 15 is 0 Å². The zero-order valence-corrected chi connectivity index (χ0v) is 12.8. The minimum absolute atomic E-state index is 0.474. The van der Waals surface area contributed by atoms with Gasteiger partial charge in [-0.2, -0.15) is 0 Å². The van der Waals surface area contributed by atoms with E-state index in [0.717, 1.165) is 36.3 Å². The molecule has 2 nitrogen and oxygen atoms in total. The molecule has 0 saturated carbocycles. The number of pyridine rings is 1. The number of alkyl halides is 1. The van der Waals surface area contributed by atoms with Crippen molar-refractivity contribution in [1.82, 2.24) is 4.98 Å². The molecule has 1 aromatic heterocycles. The highest BCUT2D eigenvalue weighted by atomic mass is 35.5. The first-order valence-electron chi connectivity index (χ1n) is 7.07. The molecular weight excluding hydrogens is 270 g/mol. The van der Waals surface area contributed by atoms with E-state index in [9.17, 15) is 0 Å². The molecule has 0 spiro atoms. The third kappa shape index (κ3) is 3.97. The van der Waals surface area contributed by atoms with Gasteiger partial charge < -0.3 is 4.74 Å². The first-order valence-corrected chi connectivity index (χ1v) is 7.61. The highest BCUT2D eigenvalue weighted by Crippen LogP contribution is 2.23. The average Bonchev–Trinajstić information content (AvgIpc) is 2.49. The van der Waals surface area contributed by atoms with Crippen molar-refractivity contribution >= 4 is 11.6 Å². The summed E-state index contributed by atoms with van der Waals surface area (Å²) >= 11 is 5.90. The van der Waals surface area contributed by atoms with Crippen LogP contribution in [0.5, 0.6) is 11.6 Å². The van der Waals surface area contributed by atoms with Crippen molar-refractivity contribution in [1.29, 1.82) is 0 Å². The van der Waals surface area contributed by atoms with Crippen LogP contribution in [0.3, 0.4) is 0 Å². The quantitative estimate of drug-likeness (QED) is 0.688. The van der Waals surface area contributed by atoms with Crippen molar-refractivity contribution in [2.45, 2.75) is 39.0 Å². The van der Waals surface area contributed by atoms with E-state index in [0.29, 0.717) is 11.8 Å². The number of nitrogens with zero attached hydrogens (tertiary/aromatic N) is 1. The number of aryl methyl sites for hydroxylation is 2. The third-order valence-corrected chi connectivity index (χ3v) is 3.42.